The summed E-state index contributed by atoms with van der Waals surface area (Å²) in [6, 6.07) is 17.9. The van der Waals surface area contributed by atoms with Crippen LogP contribution in [0.5, 0.6) is 5.75 Å². The Morgan fingerprint density at radius 3 is 2.56 bits per heavy atom. The van der Waals surface area contributed by atoms with E-state index in [4.69, 9.17) is 0 Å². The van der Waals surface area contributed by atoms with E-state index in [1.807, 2.05) is 30.3 Å². The summed E-state index contributed by atoms with van der Waals surface area (Å²) in [5, 5.41) is 10.6. The Hall–Kier alpha value is -2.35. The molecule has 1 aromatic heterocycles. The molecule has 2 nitrogen and oxygen atoms in total. The third kappa shape index (κ3) is 2.05. The van der Waals surface area contributed by atoms with Crippen molar-refractivity contribution in [1.29, 1.82) is 0 Å². The van der Waals surface area contributed by atoms with E-state index in [2.05, 4.69) is 23.2 Å². The molecule has 0 aliphatic rings. The van der Waals surface area contributed by atoms with E-state index in [1.54, 1.807) is 12.3 Å². The molecular formula is C16H13NO. The highest BCUT2D eigenvalue weighted by Crippen LogP contribution is 2.24. The molecule has 0 saturated heterocycles. The fourth-order valence-corrected chi connectivity index (χ4v) is 2.12. The molecule has 0 aliphatic heterocycles. The summed E-state index contributed by atoms with van der Waals surface area (Å²) in [5.41, 5.74) is 3.27. The minimum absolute atomic E-state index is 0.287. The SMILES string of the molecule is Oc1ccnc2ccc(Cc3ccccc3)cc12. The number of nitrogens with zero attached hydrogens (tertiary/aromatic N) is 1. The molecule has 0 amide bonds. The first-order valence-corrected chi connectivity index (χ1v) is 5.93. The number of hydrogen-bond donors (Lipinski definition) is 1. The molecule has 0 spiro atoms. The van der Waals surface area contributed by atoms with Gasteiger partial charge in [0.1, 0.15) is 5.75 Å². The first-order chi connectivity index (χ1) is 8.83. The topological polar surface area (TPSA) is 33.1 Å². The Bertz CT molecular complexity index is 677. The van der Waals surface area contributed by atoms with Crippen LogP contribution in [0.25, 0.3) is 10.9 Å². The van der Waals surface area contributed by atoms with Crippen LogP contribution in [0, 0.1) is 0 Å². The summed E-state index contributed by atoms with van der Waals surface area (Å²) in [4.78, 5) is 4.23. The van der Waals surface area contributed by atoms with Gasteiger partial charge in [0, 0.05) is 11.6 Å². The van der Waals surface area contributed by atoms with E-state index in [0.29, 0.717) is 0 Å². The minimum Gasteiger partial charge on any atom is -0.507 e. The lowest BCUT2D eigenvalue weighted by molar-refractivity contribution is 0.481. The lowest BCUT2D eigenvalue weighted by Crippen LogP contribution is -1.88. The van der Waals surface area contributed by atoms with E-state index < -0.39 is 0 Å². The molecule has 0 fully saturated rings. The average Bonchev–Trinajstić information content (AvgIpc) is 2.41. The molecule has 3 aromatic rings. The van der Waals surface area contributed by atoms with Crippen molar-refractivity contribution in [2.45, 2.75) is 6.42 Å². The lowest BCUT2D eigenvalue weighted by Gasteiger charge is -2.05. The van der Waals surface area contributed by atoms with Gasteiger partial charge < -0.3 is 5.11 Å². The van der Waals surface area contributed by atoms with Crippen LogP contribution in [0.2, 0.25) is 0 Å². The first kappa shape index (κ1) is 10.8. The Kier molecular flexibility index (Phi) is 2.69. The van der Waals surface area contributed by atoms with Gasteiger partial charge in [-0.3, -0.25) is 4.98 Å². The standard InChI is InChI=1S/C16H13NO/c18-16-8-9-17-15-7-6-13(11-14(15)16)10-12-4-2-1-3-5-12/h1-9,11H,10H2,(H,17,18). The van der Waals surface area contributed by atoms with Gasteiger partial charge in [0.25, 0.3) is 0 Å². The average molecular weight is 235 g/mol. The predicted molar refractivity (Wildman–Crippen MR) is 72.7 cm³/mol. The van der Waals surface area contributed by atoms with Gasteiger partial charge in [-0.2, -0.15) is 0 Å². The van der Waals surface area contributed by atoms with Crippen LogP contribution in [0.15, 0.2) is 60.8 Å². The summed E-state index contributed by atoms with van der Waals surface area (Å²) >= 11 is 0. The molecule has 0 unspecified atom stereocenters. The minimum atomic E-state index is 0.287. The fourth-order valence-electron chi connectivity index (χ4n) is 2.12. The van der Waals surface area contributed by atoms with Gasteiger partial charge in [-0.25, -0.2) is 0 Å². The molecule has 3 rings (SSSR count). The van der Waals surface area contributed by atoms with Crippen molar-refractivity contribution in [3.63, 3.8) is 0 Å². The van der Waals surface area contributed by atoms with Crippen molar-refractivity contribution in [3.8, 4) is 5.75 Å². The van der Waals surface area contributed by atoms with Crippen molar-refractivity contribution in [1.82, 2.24) is 4.98 Å². The van der Waals surface area contributed by atoms with Gasteiger partial charge in [0.2, 0.25) is 0 Å². The van der Waals surface area contributed by atoms with Crippen molar-refractivity contribution >= 4 is 10.9 Å². The molecule has 88 valence electrons. The number of hydrogen-bond acceptors (Lipinski definition) is 2. The summed E-state index contributed by atoms with van der Waals surface area (Å²) < 4.78 is 0. The van der Waals surface area contributed by atoms with Gasteiger partial charge >= 0.3 is 0 Å². The van der Waals surface area contributed by atoms with E-state index >= 15 is 0 Å². The number of aromatic nitrogens is 1. The maximum atomic E-state index is 9.82. The Morgan fingerprint density at radius 1 is 0.889 bits per heavy atom. The number of pyridine rings is 1. The largest absolute Gasteiger partial charge is 0.507 e. The number of fused-ring (bicyclic) bond motifs is 1. The second-order valence-electron chi connectivity index (χ2n) is 4.34. The van der Waals surface area contributed by atoms with Crippen LogP contribution in [-0.4, -0.2) is 10.1 Å². The summed E-state index contributed by atoms with van der Waals surface area (Å²) in [6.07, 6.45) is 2.49. The molecule has 1 heterocycles. The van der Waals surface area contributed by atoms with Gasteiger partial charge in [-0.1, -0.05) is 36.4 Å². The summed E-state index contributed by atoms with van der Waals surface area (Å²) in [7, 11) is 0. The van der Waals surface area contributed by atoms with Crippen molar-refractivity contribution in [2.75, 3.05) is 0 Å². The Balaban J connectivity index is 2.01. The number of rotatable bonds is 2. The van der Waals surface area contributed by atoms with Crippen LogP contribution < -0.4 is 0 Å². The van der Waals surface area contributed by atoms with Gasteiger partial charge in [-0.05, 0) is 35.7 Å². The monoisotopic (exact) mass is 235 g/mol. The molecule has 18 heavy (non-hydrogen) atoms. The maximum absolute atomic E-state index is 9.82. The zero-order valence-electron chi connectivity index (χ0n) is 9.88. The molecular weight excluding hydrogens is 222 g/mol. The zero-order chi connectivity index (χ0) is 12.4. The van der Waals surface area contributed by atoms with Gasteiger partial charge in [0.05, 0.1) is 5.52 Å². The third-order valence-corrected chi connectivity index (χ3v) is 3.03. The summed E-state index contributed by atoms with van der Waals surface area (Å²) in [5.74, 6) is 0.287. The van der Waals surface area contributed by atoms with E-state index in [-0.39, 0.29) is 5.75 Å². The van der Waals surface area contributed by atoms with Gasteiger partial charge in [0.15, 0.2) is 0 Å². The normalized spacial score (nSPS) is 10.7. The van der Waals surface area contributed by atoms with Crippen LogP contribution in [0.3, 0.4) is 0 Å². The highest BCUT2D eigenvalue weighted by molar-refractivity contribution is 5.85. The molecule has 0 atom stereocenters. The fraction of sp³-hybridized carbons (Fsp3) is 0.0625. The number of benzene rings is 2. The van der Waals surface area contributed by atoms with Crippen molar-refractivity contribution in [2.24, 2.45) is 0 Å². The van der Waals surface area contributed by atoms with Crippen LogP contribution in [-0.2, 0) is 6.42 Å². The Morgan fingerprint density at radius 2 is 1.72 bits per heavy atom. The van der Waals surface area contributed by atoms with Crippen molar-refractivity contribution in [3.05, 3.63) is 71.9 Å². The summed E-state index contributed by atoms with van der Waals surface area (Å²) in [6.45, 7) is 0. The third-order valence-electron chi connectivity index (χ3n) is 3.03. The first-order valence-electron chi connectivity index (χ1n) is 5.93. The van der Waals surface area contributed by atoms with E-state index in [9.17, 15) is 5.11 Å². The molecule has 1 N–H and O–H groups in total. The molecule has 0 aliphatic carbocycles. The van der Waals surface area contributed by atoms with E-state index in [0.717, 1.165) is 17.3 Å². The van der Waals surface area contributed by atoms with Crippen LogP contribution in [0.4, 0.5) is 0 Å². The van der Waals surface area contributed by atoms with Crippen LogP contribution >= 0.6 is 0 Å². The number of aromatic hydroxyl groups is 1. The second-order valence-corrected chi connectivity index (χ2v) is 4.34. The van der Waals surface area contributed by atoms with Gasteiger partial charge in [-0.15, -0.1) is 0 Å². The lowest BCUT2D eigenvalue weighted by atomic mass is 10.0. The quantitative estimate of drug-likeness (QED) is 0.737. The van der Waals surface area contributed by atoms with Crippen LogP contribution in [0.1, 0.15) is 11.1 Å². The highest BCUT2D eigenvalue weighted by atomic mass is 16.3. The van der Waals surface area contributed by atoms with Crippen molar-refractivity contribution < 1.29 is 5.11 Å². The van der Waals surface area contributed by atoms with E-state index in [1.165, 1.54) is 11.1 Å². The second kappa shape index (κ2) is 4.49. The molecule has 0 radical (unpaired) electrons. The molecule has 2 heteroatoms. The highest BCUT2D eigenvalue weighted by Gasteiger charge is 2.02. The smallest absolute Gasteiger partial charge is 0.126 e. The Labute approximate surface area is 106 Å². The predicted octanol–water partition coefficient (Wildman–Crippen LogP) is 3.53. The molecule has 0 bridgehead atoms. The zero-order valence-corrected chi connectivity index (χ0v) is 9.88. The molecule has 0 saturated carbocycles. The maximum Gasteiger partial charge on any atom is 0.126 e. The molecule has 2 aromatic carbocycles.